The Morgan fingerprint density at radius 3 is 2.71 bits per heavy atom. The van der Waals surface area contributed by atoms with Crippen molar-refractivity contribution in [2.45, 2.75) is 18.9 Å². The molecule has 21 heavy (non-hydrogen) atoms. The van der Waals surface area contributed by atoms with Crippen LogP contribution in [0, 0.1) is 0 Å². The van der Waals surface area contributed by atoms with E-state index in [4.69, 9.17) is 9.84 Å². The Bertz CT molecular complexity index is 535. The SMILES string of the molecule is O=C(O)COC1CCN(C(=O)C=Cc2ccc(Br)s2)CC1. The third kappa shape index (κ3) is 5.26. The van der Waals surface area contributed by atoms with Gasteiger partial charge < -0.3 is 14.7 Å². The fourth-order valence-electron chi connectivity index (χ4n) is 2.11. The van der Waals surface area contributed by atoms with Crippen molar-refractivity contribution in [1.29, 1.82) is 0 Å². The molecule has 0 bridgehead atoms. The fourth-order valence-corrected chi connectivity index (χ4v) is 3.43. The van der Waals surface area contributed by atoms with E-state index in [2.05, 4.69) is 15.9 Å². The zero-order chi connectivity index (χ0) is 15.2. The Kier molecular flexibility index (Phi) is 5.96. The molecule has 0 aromatic carbocycles. The molecule has 1 N–H and O–H groups in total. The van der Waals surface area contributed by atoms with Gasteiger partial charge >= 0.3 is 5.97 Å². The number of piperidine rings is 1. The van der Waals surface area contributed by atoms with Gasteiger partial charge in [-0.25, -0.2) is 4.79 Å². The number of thiophene rings is 1. The molecule has 0 atom stereocenters. The lowest BCUT2D eigenvalue weighted by atomic mass is 10.1. The highest BCUT2D eigenvalue weighted by Gasteiger charge is 2.22. The first-order valence-electron chi connectivity index (χ1n) is 6.60. The van der Waals surface area contributed by atoms with Gasteiger partial charge in [-0.2, -0.15) is 0 Å². The van der Waals surface area contributed by atoms with Gasteiger partial charge in [0.25, 0.3) is 0 Å². The minimum Gasteiger partial charge on any atom is -0.480 e. The normalized spacial score (nSPS) is 16.5. The van der Waals surface area contributed by atoms with Crippen LogP contribution < -0.4 is 0 Å². The number of ether oxygens (including phenoxy) is 1. The van der Waals surface area contributed by atoms with Crippen LogP contribution in [0.1, 0.15) is 17.7 Å². The molecule has 1 saturated heterocycles. The van der Waals surface area contributed by atoms with Gasteiger partial charge in [-0.15, -0.1) is 11.3 Å². The molecule has 1 aromatic rings. The number of carbonyl (C=O) groups excluding carboxylic acids is 1. The average Bonchev–Trinajstić information content (AvgIpc) is 2.89. The van der Waals surface area contributed by atoms with Crippen molar-refractivity contribution >= 4 is 45.2 Å². The van der Waals surface area contributed by atoms with Crippen LogP contribution in [-0.4, -0.2) is 47.7 Å². The first kappa shape index (κ1) is 16.2. The van der Waals surface area contributed by atoms with E-state index >= 15 is 0 Å². The number of carbonyl (C=O) groups is 2. The van der Waals surface area contributed by atoms with Crippen molar-refractivity contribution in [3.05, 3.63) is 26.9 Å². The average molecular weight is 374 g/mol. The molecular formula is C14H16BrNO4S. The number of nitrogens with zero attached hydrogens (tertiary/aromatic N) is 1. The molecule has 0 unspecified atom stereocenters. The number of carboxylic acids is 1. The summed E-state index contributed by atoms with van der Waals surface area (Å²) in [6, 6.07) is 3.89. The van der Waals surface area contributed by atoms with Crippen LogP contribution in [-0.2, 0) is 14.3 Å². The third-order valence-corrected chi connectivity index (χ3v) is 4.77. The Balaban J connectivity index is 1.77. The summed E-state index contributed by atoms with van der Waals surface area (Å²) in [4.78, 5) is 25.3. The topological polar surface area (TPSA) is 66.8 Å². The van der Waals surface area contributed by atoms with Gasteiger partial charge in [0.05, 0.1) is 9.89 Å². The van der Waals surface area contributed by atoms with Crippen molar-refractivity contribution in [1.82, 2.24) is 4.90 Å². The highest BCUT2D eigenvalue weighted by atomic mass is 79.9. The van der Waals surface area contributed by atoms with E-state index in [1.807, 2.05) is 18.2 Å². The number of likely N-dealkylation sites (tertiary alicyclic amines) is 1. The Morgan fingerprint density at radius 2 is 2.14 bits per heavy atom. The molecule has 0 radical (unpaired) electrons. The summed E-state index contributed by atoms with van der Waals surface area (Å²) in [5.41, 5.74) is 0. The number of hydrogen-bond donors (Lipinski definition) is 1. The highest BCUT2D eigenvalue weighted by molar-refractivity contribution is 9.11. The second-order valence-corrected chi connectivity index (χ2v) is 7.20. The van der Waals surface area contributed by atoms with E-state index in [0.29, 0.717) is 25.9 Å². The largest absolute Gasteiger partial charge is 0.480 e. The fraction of sp³-hybridized carbons (Fsp3) is 0.429. The van der Waals surface area contributed by atoms with E-state index in [-0.39, 0.29) is 18.6 Å². The van der Waals surface area contributed by atoms with Gasteiger partial charge in [-0.1, -0.05) is 0 Å². The number of carboxylic acid groups (broad SMARTS) is 1. The van der Waals surface area contributed by atoms with Crippen molar-refractivity contribution in [3.63, 3.8) is 0 Å². The molecule has 114 valence electrons. The molecule has 1 amide bonds. The molecule has 2 rings (SSSR count). The predicted octanol–water partition coefficient (Wildman–Crippen LogP) is 2.62. The maximum atomic E-state index is 12.0. The maximum absolute atomic E-state index is 12.0. The van der Waals surface area contributed by atoms with Crippen LogP contribution in [0.2, 0.25) is 0 Å². The van der Waals surface area contributed by atoms with E-state index in [1.54, 1.807) is 22.3 Å². The molecule has 0 spiro atoms. The standard InChI is InChI=1S/C14H16BrNO4S/c15-12-3-1-11(21-12)2-4-13(17)16-7-5-10(6-8-16)20-9-14(18)19/h1-4,10H,5-9H2,(H,18,19). The lowest BCUT2D eigenvalue weighted by Gasteiger charge is -2.30. The summed E-state index contributed by atoms with van der Waals surface area (Å²) < 4.78 is 6.28. The van der Waals surface area contributed by atoms with Gasteiger partial charge in [0.15, 0.2) is 0 Å². The smallest absolute Gasteiger partial charge is 0.329 e. The third-order valence-electron chi connectivity index (χ3n) is 3.18. The van der Waals surface area contributed by atoms with Crippen LogP contribution in [0.3, 0.4) is 0 Å². The molecule has 1 fully saturated rings. The number of rotatable bonds is 5. The van der Waals surface area contributed by atoms with Crippen LogP contribution in [0.4, 0.5) is 0 Å². The molecule has 2 heterocycles. The quantitative estimate of drug-likeness (QED) is 0.805. The van der Waals surface area contributed by atoms with Gasteiger partial charge in [0.1, 0.15) is 6.61 Å². The van der Waals surface area contributed by atoms with Crippen molar-refractivity contribution in [2.24, 2.45) is 0 Å². The van der Waals surface area contributed by atoms with Crippen molar-refractivity contribution in [2.75, 3.05) is 19.7 Å². The molecule has 5 nitrogen and oxygen atoms in total. The number of amides is 1. The summed E-state index contributed by atoms with van der Waals surface area (Å²) in [5.74, 6) is -0.977. The minimum absolute atomic E-state index is 0.0174. The number of halogens is 1. The number of aliphatic carboxylic acids is 1. The molecule has 1 aliphatic heterocycles. The highest BCUT2D eigenvalue weighted by Crippen LogP contribution is 2.23. The van der Waals surface area contributed by atoms with Gasteiger partial charge in [-0.3, -0.25) is 4.79 Å². The Hall–Kier alpha value is -1.18. The van der Waals surface area contributed by atoms with E-state index in [9.17, 15) is 9.59 Å². The Morgan fingerprint density at radius 1 is 1.43 bits per heavy atom. The molecule has 0 saturated carbocycles. The summed E-state index contributed by atoms with van der Waals surface area (Å²) in [6.07, 6.45) is 4.68. The van der Waals surface area contributed by atoms with E-state index < -0.39 is 5.97 Å². The molecule has 1 aliphatic rings. The van der Waals surface area contributed by atoms with Crippen LogP contribution >= 0.6 is 27.3 Å². The van der Waals surface area contributed by atoms with Gasteiger partial charge in [0, 0.05) is 24.0 Å². The lowest BCUT2D eigenvalue weighted by molar-refractivity contribution is -0.146. The molecular weight excluding hydrogens is 358 g/mol. The summed E-state index contributed by atoms with van der Waals surface area (Å²) in [5, 5.41) is 8.56. The molecule has 7 heteroatoms. The number of hydrogen-bond acceptors (Lipinski definition) is 4. The molecule has 0 aliphatic carbocycles. The zero-order valence-electron chi connectivity index (χ0n) is 11.3. The molecule has 1 aromatic heterocycles. The van der Waals surface area contributed by atoms with E-state index in [1.165, 1.54) is 0 Å². The van der Waals surface area contributed by atoms with Gasteiger partial charge in [0.2, 0.25) is 5.91 Å². The first-order valence-corrected chi connectivity index (χ1v) is 8.21. The second-order valence-electron chi connectivity index (χ2n) is 4.70. The maximum Gasteiger partial charge on any atom is 0.329 e. The predicted molar refractivity (Wildman–Crippen MR) is 84.2 cm³/mol. The zero-order valence-corrected chi connectivity index (χ0v) is 13.7. The minimum atomic E-state index is -0.960. The first-order chi connectivity index (χ1) is 10.0. The van der Waals surface area contributed by atoms with Crippen LogP contribution in [0.15, 0.2) is 22.0 Å². The summed E-state index contributed by atoms with van der Waals surface area (Å²) in [7, 11) is 0. The monoisotopic (exact) mass is 373 g/mol. The van der Waals surface area contributed by atoms with Crippen LogP contribution in [0.5, 0.6) is 0 Å². The lowest BCUT2D eigenvalue weighted by Crippen LogP contribution is -2.40. The van der Waals surface area contributed by atoms with Crippen molar-refractivity contribution < 1.29 is 19.4 Å². The van der Waals surface area contributed by atoms with Crippen LogP contribution in [0.25, 0.3) is 6.08 Å². The van der Waals surface area contributed by atoms with E-state index in [0.717, 1.165) is 8.66 Å². The second kappa shape index (κ2) is 7.72. The summed E-state index contributed by atoms with van der Waals surface area (Å²) in [6.45, 7) is 0.926. The van der Waals surface area contributed by atoms with Gasteiger partial charge in [-0.05, 0) is 47.0 Å². The summed E-state index contributed by atoms with van der Waals surface area (Å²) >= 11 is 4.95. The van der Waals surface area contributed by atoms with Crippen molar-refractivity contribution in [3.8, 4) is 0 Å². The Labute approximate surface area is 135 Å².